The van der Waals surface area contributed by atoms with E-state index in [4.69, 9.17) is 18.8 Å². The summed E-state index contributed by atoms with van der Waals surface area (Å²) in [6.07, 6.45) is 7.17. The van der Waals surface area contributed by atoms with Crippen molar-refractivity contribution in [1.29, 1.82) is 0 Å². The molecule has 9 aromatic rings. The second kappa shape index (κ2) is 8.81. The number of nitrogens with zero attached hydrogens (tertiary/aromatic N) is 4. The molecule has 0 saturated heterocycles. The predicted molar refractivity (Wildman–Crippen MR) is 165 cm³/mol. The molecule has 0 bridgehead atoms. The van der Waals surface area contributed by atoms with Crippen LogP contribution in [0.2, 0.25) is 0 Å². The van der Waals surface area contributed by atoms with Gasteiger partial charge in [-0.15, -0.1) is 0 Å². The zero-order chi connectivity index (χ0) is 27.6. The molecule has 4 aromatic heterocycles. The number of fused-ring (bicyclic) bond motifs is 4. The van der Waals surface area contributed by atoms with Crippen molar-refractivity contribution in [2.45, 2.75) is 0 Å². The van der Waals surface area contributed by atoms with Gasteiger partial charge in [-0.05, 0) is 33.7 Å². The van der Waals surface area contributed by atoms with Crippen LogP contribution in [0.15, 0.2) is 143 Å². The summed E-state index contributed by atoms with van der Waals surface area (Å²) in [6, 6.07) is 38.2. The molecule has 0 spiro atoms. The van der Waals surface area contributed by atoms with Crippen LogP contribution in [0.25, 0.3) is 78.3 Å². The summed E-state index contributed by atoms with van der Waals surface area (Å²) < 4.78 is 15.4. The Hall–Kier alpha value is -5.88. The van der Waals surface area contributed by atoms with E-state index >= 15 is 0 Å². The first-order valence-corrected chi connectivity index (χ1v) is 13.8. The molecule has 6 heteroatoms. The lowest BCUT2D eigenvalue weighted by atomic mass is 9.98. The first-order valence-electron chi connectivity index (χ1n) is 13.8. The van der Waals surface area contributed by atoms with E-state index < -0.39 is 0 Å². The normalized spacial score (nSPS) is 11.8. The molecule has 0 fully saturated rings. The summed E-state index contributed by atoms with van der Waals surface area (Å²) in [5, 5.41) is 4.74. The maximum atomic E-state index is 5.72. The van der Waals surface area contributed by atoms with Crippen molar-refractivity contribution < 1.29 is 8.83 Å². The smallest absolute Gasteiger partial charge is 0.306 e. The van der Waals surface area contributed by atoms with Gasteiger partial charge < -0.3 is 8.83 Å². The van der Waals surface area contributed by atoms with Gasteiger partial charge >= 0.3 is 11.7 Å². The van der Waals surface area contributed by atoms with Gasteiger partial charge in [0.15, 0.2) is 0 Å². The highest BCUT2D eigenvalue weighted by atomic mass is 16.3. The fraction of sp³-hybridized carbons (Fsp3) is 0. The number of imidazole rings is 2. The Morgan fingerprint density at radius 1 is 0.429 bits per heavy atom. The monoisotopic (exact) mass is 542 g/mol. The number of benzene rings is 5. The van der Waals surface area contributed by atoms with Gasteiger partial charge in [0, 0.05) is 34.6 Å². The number of aromatic nitrogens is 4. The molecule has 0 radical (unpaired) electrons. The van der Waals surface area contributed by atoms with Crippen molar-refractivity contribution in [1.82, 2.24) is 18.8 Å². The predicted octanol–water partition coefficient (Wildman–Crippen LogP) is 9.14. The molecule has 0 aliphatic heterocycles. The van der Waals surface area contributed by atoms with E-state index in [0.29, 0.717) is 11.7 Å². The van der Waals surface area contributed by atoms with Crippen molar-refractivity contribution in [2.24, 2.45) is 0 Å². The highest BCUT2D eigenvalue weighted by molar-refractivity contribution is 5.92. The summed E-state index contributed by atoms with van der Waals surface area (Å²) in [5.41, 5.74) is 7.89. The first kappa shape index (κ1) is 22.9. The highest BCUT2D eigenvalue weighted by Crippen LogP contribution is 2.38. The van der Waals surface area contributed by atoms with E-state index in [1.807, 2.05) is 21.2 Å². The van der Waals surface area contributed by atoms with Gasteiger partial charge in [-0.3, -0.25) is 8.80 Å². The van der Waals surface area contributed by atoms with Crippen LogP contribution in [-0.4, -0.2) is 18.8 Å². The summed E-state index contributed by atoms with van der Waals surface area (Å²) in [7, 11) is 0. The molecule has 0 amide bonds. The number of oxazole rings is 2. The zero-order valence-corrected chi connectivity index (χ0v) is 22.3. The molecule has 4 heterocycles. The van der Waals surface area contributed by atoms with E-state index in [-0.39, 0.29) is 0 Å². The molecule has 0 saturated carbocycles. The highest BCUT2D eigenvalue weighted by Gasteiger charge is 2.21. The van der Waals surface area contributed by atoms with E-state index in [1.54, 1.807) is 12.5 Å². The van der Waals surface area contributed by atoms with E-state index in [0.717, 1.165) is 45.0 Å². The SMILES string of the molecule is c1ccc2cc(-c3nc4occn4c3-c3ccc(-c4c(-c5ccc6ccccc6c5)nc5occn45)cc3)ccc2c1. The summed E-state index contributed by atoms with van der Waals surface area (Å²) in [5.74, 6) is 1.12. The summed E-state index contributed by atoms with van der Waals surface area (Å²) in [6.45, 7) is 0. The van der Waals surface area contributed by atoms with Gasteiger partial charge in [0.2, 0.25) is 0 Å². The van der Waals surface area contributed by atoms with Gasteiger partial charge in [-0.25, -0.2) is 0 Å². The Bertz CT molecular complexity index is 2250. The van der Waals surface area contributed by atoms with Crippen LogP contribution in [-0.2, 0) is 0 Å². The maximum absolute atomic E-state index is 5.72. The summed E-state index contributed by atoms with van der Waals surface area (Å²) in [4.78, 5) is 9.76. The standard InChI is InChI=1S/C36H22N4O2/c1-3-7-27-21-29(15-9-23(27)5-1)31-33(39-17-19-41-35(39)37-31)25-11-13-26(14-12-25)34-32(38-36-40(34)18-20-42-36)30-16-10-24-6-2-4-8-28(24)22-30/h1-22H. The fourth-order valence-electron chi connectivity index (χ4n) is 5.98. The van der Waals surface area contributed by atoms with Crippen LogP contribution in [0, 0.1) is 0 Å². The van der Waals surface area contributed by atoms with Crippen molar-refractivity contribution in [3.8, 4) is 45.0 Å². The molecule has 0 atom stereocenters. The molecular formula is C36H22N4O2. The Labute approximate surface area is 239 Å². The Morgan fingerprint density at radius 3 is 1.29 bits per heavy atom. The average Bonchev–Trinajstić information content (AvgIpc) is 3.82. The zero-order valence-electron chi connectivity index (χ0n) is 22.3. The van der Waals surface area contributed by atoms with Gasteiger partial charge in [0.05, 0.1) is 11.4 Å². The van der Waals surface area contributed by atoms with Gasteiger partial charge in [0.1, 0.15) is 23.9 Å². The fourth-order valence-corrected chi connectivity index (χ4v) is 5.98. The van der Waals surface area contributed by atoms with E-state index in [2.05, 4.69) is 109 Å². The van der Waals surface area contributed by atoms with Crippen molar-refractivity contribution in [3.05, 3.63) is 134 Å². The average molecular weight is 543 g/mol. The first-order chi connectivity index (χ1) is 20.8. The van der Waals surface area contributed by atoms with Crippen molar-refractivity contribution in [2.75, 3.05) is 0 Å². The quantitative estimate of drug-likeness (QED) is 0.222. The van der Waals surface area contributed by atoms with Crippen LogP contribution in [0.4, 0.5) is 0 Å². The molecule has 0 aliphatic rings. The molecule has 198 valence electrons. The van der Waals surface area contributed by atoms with Crippen LogP contribution in [0.3, 0.4) is 0 Å². The second-order valence-corrected chi connectivity index (χ2v) is 10.4. The molecule has 0 aliphatic carbocycles. The Kier molecular flexibility index (Phi) is 4.80. The molecule has 0 N–H and O–H groups in total. The minimum Gasteiger partial charge on any atom is -0.432 e. The lowest BCUT2D eigenvalue weighted by Crippen LogP contribution is -1.91. The molecule has 6 nitrogen and oxygen atoms in total. The van der Waals surface area contributed by atoms with E-state index in [1.165, 1.54) is 21.5 Å². The summed E-state index contributed by atoms with van der Waals surface area (Å²) >= 11 is 0. The third-order valence-electron chi connectivity index (χ3n) is 8.00. The van der Waals surface area contributed by atoms with Gasteiger partial charge in [-0.2, -0.15) is 9.97 Å². The van der Waals surface area contributed by atoms with Crippen LogP contribution in [0.5, 0.6) is 0 Å². The third-order valence-corrected chi connectivity index (χ3v) is 8.00. The Balaban J connectivity index is 1.18. The lowest BCUT2D eigenvalue weighted by Gasteiger charge is -2.09. The van der Waals surface area contributed by atoms with Crippen LogP contribution in [0.1, 0.15) is 0 Å². The molecule has 0 unspecified atom stereocenters. The van der Waals surface area contributed by atoms with Crippen LogP contribution >= 0.6 is 0 Å². The minimum atomic E-state index is 0.562. The maximum Gasteiger partial charge on any atom is 0.306 e. The van der Waals surface area contributed by atoms with Crippen molar-refractivity contribution >= 4 is 33.2 Å². The minimum absolute atomic E-state index is 0.562. The molecule has 9 rings (SSSR count). The molecular weight excluding hydrogens is 520 g/mol. The number of hydrogen-bond acceptors (Lipinski definition) is 4. The third kappa shape index (κ3) is 3.45. The number of hydrogen-bond donors (Lipinski definition) is 0. The van der Waals surface area contributed by atoms with Crippen LogP contribution < -0.4 is 0 Å². The topological polar surface area (TPSA) is 60.9 Å². The Morgan fingerprint density at radius 2 is 0.833 bits per heavy atom. The van der Waals surface area contributed by atoms with E-state index in [9.17, 15) is 0 Å². The molecule has 5 aromatic carbocycles. The largest absolute Gasteiger partial charge is 0.432 e. The molecule has 42 heavy (non-hydrogen) atoms. The lowest BCUT2D eigenvalue weighted by molar-refractivity contribution is 0.596. The number of rotatable bonds is 4. The second-order valence-electron chi connectivity index (χ2n) is 10.4. The van der Waals surface area contributed by atoms with Crippen molar-refractivity contribution in [3.63, 3.8) is 0 Å². The van der Waals surface area contributed by atoms with Gasteiger partial charge in [-0.1, -0.05) is 97.1 Å². The van der Waals surface area contributed by atoms with Gasteiger partial charge in [0.25, 0.3) is 0 Å².